The van der Waals surface area contributed by atoms with E-state index in [1.165, 1.54) is 0 Å². The van der Waals surface area contributed by atoms with Gasteiger partial charge in [0.05, 0.1) is 18.8 Å². The summed E-state index contributed by atoms with van der Waals surface area (Å²) >= 11 is 0. The molecular weight excluding hydrogens is 721 g/mol. The number of rotatable bonds is 12. The molecular formula is C44H60N8O5. The maximum Gasteiger partial charge on any atom is 0.320 e. The molecule has 13 heteroatoms. The first-order valence-corrected chi connectivity index (χ1v) is 20.4. The van der Waals surface area contributed by atoms with Gasteiger partial charge in [0, 0.05) is 47.6 Å². The summed E-state index contributed by atoms with van der Waals surface area (Å²) in [5.74, 6) is 1.87. The second kappa shape index (κ2) is 18.9. The fraction of sp³-hybridized carbons (Fsp3) is 0.500. The van der Waals surface area contributed by atoms with Gasteiger partial charge in [-0.3, -0.25) is 20.7 Å². The van der Waals surface area contributed by atoms with Gasteiger partial charge in [-0.1, -0.05) is 51.1 Å². The van der Waals surface area contributed by atoms with E-state index in [1.807, 2.05) is 69.3 Å². The van der Waals surface area contributed by atoms with Crippen LogP contribution >= 0.6 is 0 Å². The van der Waals surface area contributed by atoms with Crippen LogP contribution in [0.15, 0.2) is 78.8 Å². The van der Waals surface area contributed by atoms with Crippen LogP contribution in [-0.2, 0) is 9.47 Å². The third-order valence-corrected chi connectivity index (χ3v) is 10.9. The molecule has 2 saturated heterocycles. The predicted octanol–water partition coefficient (Wildman–Crippen LogP) is 8.21. The van der Waals surface area contributed by atoms with Crippen LogP contribution in [0, 0.1) is 21.6 Å². The van der Waals surface area contributed by atoms with Gasteiger partial charge in [-0.25, -0.2) is 4.79 Å². The number of benzene rings is 2. The van der Waals surface area contributed by atoms with Crippen LogP contribution in [0.25, 0.3) is 0 Å². The molecule has 1 unspecified atom stereocenters. The number of fused-ring (bicyclic) bond motifs is 1. The largest absolute Gasteiger partial charge is 0.491 e. The van der Waals surface area contributed by atoms with Gasteiger partial charge in [0.15, 0.2) is 6.29 Å². The number of urea groups is 1. The minimum Gasteiger partial charge on any atom is -0.491 e. The summed E-state index contributed by atoms with van der Waals surface area (Å²) in [4.78, 5) is 15.8. The number of amides is 2. The van der Waals surface area contributed by atoms with Crippen molar-refractivity contribution in [1.29, 1.82) is 16.2 Å². The second-order valence-electron chi connectivity index (χ2n) is 16.3. The number of hydrogen-bond donors (Lipinski definition) is 6. The summed E-state index contributed by atoms with van der Waals surface area (Å²) in [6.07, 6.45) is 10.5. The SMILES string of the molecule is C[C@@H]1CCC[C@H](C)N1C(=N)n1cc(O[C@@H]2CC[C@H](NC(=O)N/C(=C/C(=N)C(C)(C)C)Nc3cccc(OCCOC4CCCCO4)c3)c3ccccc32)ccc1=N. The number of likely N-dealkylation sites (tertiary alicyclic amines) is 1. The lowest BCUT2D eigenvalue weighted by molar-refractivity contribution is -0.165. The first-order valence-electron chi connectivity index (χ1n) is 20.4. The van der Waals surface area contributed by atoms with Gasteiger partial charge in [-0.15, -0.1) is 0 Å². The minimum absolute atomic E-state index is 0.171. The normalized spacial score (nSPS) is 22.5. The van der Waals surface area contributed by atoms with Crippen molar-refractivity contribution in [2.24, 2.45) is 5.41 Å². The van der Waals surface area contributed by atoms with Crippen molar-refractivity contribution >= 4 is 23.4 Å². The molecule has 2 aliphatic heterocycles. The average molecular weight is 781 g/mol. The Bertz CT molecular complexity index is 1960. The summed E-state index contributed by atoms with van der Waals surface area (Å²) in [5, 5.41) is 35.8. The van der Waals surface area contributed by atoms with Crippen LogP contribution in [-0.4, -0.2) is 65.4 Å². The van der Waals surface area contributed by atoms with E-state index < -0.39 is 11.4 Å². The van der Waals surface area contributed by atoms with Crippen LogP contribution in [0.1, 0.15) is 109 Å². The van der Waals surface area contributed by atoms with Crippen molar-refractivity contribution < 1.29 is 23.7 Å². The van der Waals surface area contributed by atoms with Crippen molar-refractivity contribution in [1.82, 2.24) is 20.1 Å². The summed E-state index contributed by atoms with van der Waals surface area (Å²) < 4.78 is 25.6. The molecule has 0 saturated carbocycles. The summed E-state index contributed by atoms with van der Waals surface area (Å²) in [5.41, 5.74) is 2.75. The van der Waals surface area contributed by atoms with Crippen molar-refractivity contribution in [2.45, 2.75) is 117 Å². The molecule has 3 aromatic rings. The number of aromatic nitrogens is 1. The van der Waals surface area contributed by atoms with Crippen molar-refractivity contribution in [3.8, 4) is 11.5 Å². The molecule has 0 radical (unpaired) electrons. The Morgan fingerprint density at radius 2 is 1.67 bits per heavy atom. The third kappa shape index (κ3) is 11.0. The van der Waals surface area contributed by atoms with Gasteiger partial charge >= 0.3 is 6.03 Å². The number of piperidine rings is 1. The van der Waals surface area contributed by atoms with E-state index in [9.17, 15) is 4.79 Å². The average Bonchev–Trinajstić information content (AvgIpc) is 3.18. The van der Waals surface area contributed by atoms with Crippen LogP contribution < -0.4 is 30.9 Å². The van der Waals surface area contributed by atoms with E-state index in [0.717, 1.165) is 56.3 Å². The Labute approximate surface area is 336 Å². The molecule has 13 nitrogen and oxygen atoms in total. The standard InChI is InChI=1S/C44H60N8O5/c1-29-12-10-13-30(2)52(29)42(47)51-28-33(19-22-39(51)46)57-37-21-20-36(34-16-6-7-17-35(34)37)49-43(53)50-40(27-38(45)44(3,4)5)48-31-14-11-15-32(26-31)54-24-25-56-41-18-8-9-23-55-41/h6-7,11,14-17,19,22,26-30,36-37,41,45-48H,8-10,12-13,18,20-21,23-25H2,1-5H3,(H2,49,50,53)/b40-27+,45-38?,46-39?,47-42?/t29-,30+,36-,37+,41?/m0/s1. The summed E-state index contributed by atoms with van der Waals surface area (Å²) in [6, 6.07) is 18.7. The van der Waals surface area contributed by atoms with E-state index in [2.05, 4.69) is 34.7 Å². The first-order chi connectivity index (χ1) is 27.4. The highest BCUT2D eigenvalue weighted by atomic mass is 16.7. The van der Waals surface area contributed by atoms with Gasteiger partial charge in [0.1, 0.15) is 35.5 Å². The van der Waals surface area contributed by atoms with Crippen LogP contribution in [0.3, 0.4) is 0 Å². The second-order valence-corrected chi connectivity index (χ2v) is 16.3. The van der Waals surface area contributed by atoms with Crippen LogP contribution in [0.5, 0.6) is 11.5 Å². The Kier molecular flexibility index (Phi) is 13.7. The summed E-state index contributed by atoms with van der Waals surface area (Å²) in [7, 11) is 0. The zero-order valence-electron chi connectivity index (χ0n) is 34.0. The third-order valence-electron chi connectivity index (χ3n) is 10.9. The molecule has 3 aliphatic rings. The number of carbonyl (C=O) groups is 1. The lowest BCUT2D eigenvalue weighted by Gasteiger charge is -2.41. The number of nitrogens with one attached hydrogen (secondary N) is 6. The molecule has 2 aromatic carbocycles. The number of hydrogen-bond acceptors (Lipinski definition) is 9. The zero-order valence-corrected chi connectivity index (χ0v) is 34.0. The highest BCUT2D eigenvalue weighted by molar-refractivity contribution is 5.97. The molecule has 306 valence electrons. The number of pyridine rings is 1. The molecule has 0 bridgehead atoms. The fourth-order valence-electron chi connectivity index (χ4n) is 7.66. The molecule has 5 atom stereocenters. The Morgan fingerprint density at radius 3 is 2.40 bits per heavy atom. The molecule has 0 spiro atoms. The molecule has 3 heterocycles. The van der Waals surface area contributed by atoms with E-state index in [-0.39, 0.29) is 42.0 Å². The Hall–Kier alpha value is -5.14. The monoisotopic (exact) mass is 780 g/mol. The number of ether oxygens (including phenoxy) is 4. The molecule has 6 N–H and O–H groups in total. The first kappa shape index (κ1) is 41.5. The molecule has 6 rings (SSSR count). The Morgan fingerprint density at radius 1 is 0.895 bits per heavy atom. The molecule has 1 aromatic heterocycles. The number of nitrogens with zero attached hydrogens (tertiary/aromatic N) is 2. The quantitative estimate of drug-likeness (QED) is 0.0611. The summed E-state index contributed by atoms with van der Waals surface area (Å²) in [6.45, 7) is 11.7. The van der Waals surface area contributed by atoms with E-state index in [4.69, 9.17) is 35.2 Å². The topological polar surface area (TPSA) is 170 Å². The molecule has 57 heavy (non-hydrogen) atoms. The number of allylic oxidation sites excluding steroid dienone is 1. The maximum atomic E-state index is 13.7. The predicted molar refractivity (Wildman–Crippen MR) is 222 cm³/mol. The minimum atomic E-state index is -0.444. The van der Waals surface area contributed by atoms with E-state index >= 15 is 0 Å². The van der Waals surface area contributed by atoms with Gasteiger partial charge < -0.3 is 39.9 Å². The van der Waals surface area contributed by atoms with Crippen molar-refractivity contribution in [3.05, 3.63) is 95.4 Å². The fourth-order valence-corrected chi connectivity index (χ4v) is 7.66. The van der Waals surface area contributed by atoms with E-state index in [1.54, 1.807) is 29.0 Å². The Balaban J connectivity index is 1.11. The smallest absolute Gasteiger partial charge is 0.320 e. The lowest BCUT2D eigenvalue weighted by Crippen LogP contribution is -2.51. The van der Waals surface area contributed by atoms with Gasteiger partial charge in [0.2, 0.25) is 5.96 Å². The highest BCUT2D eigenvalue weighted by Gasteiger charge is 2.31. The van der Waals surface area contributed by atoms with Gasteiger partial charge in [0.25, 0.3) is 0 Å². The van der Waals surface area contributed by atoms with Gasteiger partial charge in [-0.05, 0) is 101 Å². The molecule has 2 fully saturated rings. The number of carbonyl (C=O) groups excluding carboxylic acids is 1. The maximum absolute atomic E-state index is 13.7. The molecule has 1 aliphatic carbocycles. The van der Waals surface area contributed by atoms with E-state index in [0.29, 0.717) is 54.8 Å². The lowest BCUT2D eigenvalue weighted by atomic mass is 9.85. The van der Waals surface area contributed by atoms with Crippen molar-refractivity contribution in [3.63, 3.8) is 0 Å². The van der Waals surface area contributed by atoms with Crippen LogP contribution in [0.4, 0.5) is 10.5 Å². The van der Waals surface area contributed by atoms with Gasteiger partial charge in [-0.2, -0.15) is 0 Å². The van der Waals surface area contributed by atoms with Crippen molar-refractivity contribution in [2.75, 3.05) is 25.1 Å². The van der Waals surface area contributed by atoms with Crippen LogP contribution in [0.2, 0.25) is 0 Å². The highest BCUT2D eigenvalue weighted by Crippen LogP contribution is 2.39. The number of anilines is 1. The zero-order chi connectivity index (χ0) is 40.5. The molecule has 2 amide bonds.